The summed E-state index contributed by atoms with van der Waals surface area (Å²) < 4.78 is 5.66. The third-order valence-electron chi connectivity index (χ3n) is 6.58. The normalized spacial score (nSPS) is 17.9. The highest BCUT2D eigenvalue weighted by atomic mass is 32.1. The first-order chi connectivity index (χ1) is 19.0. The lowest BCUT2D eigenvalue weighted by Gasteiger charge is -2.27. The Balaban J connectivity index is 1.24. The highest BCUT2D eigenvalue weighted by molar-refractivity contribution is 7.21. The predicted octanol–water partition coefficient (Wildman–Crippen LogP) is 4.52. The number of ether oxygens (including phenoxy) is 1. The molecular weight excluding hydrogens is 518 g/mol. The highest BCUT2D eigenvalue weighted by Gasteiger charge is 2.34. The Kier molecular flexibility index (Phi) is 6.37. The minimum atomic E-state index is -0.448. The number of aromatic nitrogens is 3. The van der Waals surface area contributed by atoms with Crippen LogP contribution in [0.25, 0.3) is 10.2 Å². The second kappa shape index (κ2) is 10.1. The Labute approximate surface area is 226 Å². The van der Waals surface area contributed by atoms with Gasteiger partial charge < -0.3 is 20.7 Å². The molecule has 0 spiro atoms. The lowest BCUT2D eigenvalue weighted by molar-refractivity contribution is -0.117. The first kappa shape index (κ1) is 24.5. The number of benzene rings is 1. The van der Waals surface area contributed by atoms with Crippen molar-refractivity contribution in [3.05, 3.63) is 72.5 Å². The zero-order valence-electron chi connectivity index (χ0n) is 20.6. The number of para-hydroxylation sites is 1. The van der Waals surface area contributed by atoms with Crippen molar-refractivity contribution in [2.75, 3.05) is 10.2 Å². The Morgan fingerprint density at radius 1 is 1.08 bits per heavy atom. The Morgan fingerprint density at radius 2 is 1.82 bits per heavy atom. The van der Waals surface area contributed by atoms with Gasteiger partial charge in [0.25, 0.3) is 5.91 Å². The summed E-state index contributed by atoms with van der Waals surface area (Å²) in [6.45, 7) is 3.48. The number of thiophene rings is 1. The Bertz CT molecular complexity index is 1590. The van der Waals surface area contributed by atoms with Crippen molar-refractivity contribution < 1.29 is 19.1 Å². The largest absolute Gasteiger partial charge is 0.424 e. The zero-order valence-corrected chi connectivity index (χ0v) is 21.4. The average Bonchev–Trinajstić information content (AvgIpc) is 3.55. The van der Waals surface area contributed by atoms with Gasteiger partial charge in [-0.05, 0) is 43.5 Å². The van der Waals surface area contributed by atoms with Crippen LogP contribution in [-0.4, -0.2) is 44.9 Å². The van der Waals surface area contributed by atoms with Crippen LogP contribution in [0.4, 0.5) is 21.9 Å². The zero-order chi connectivity index (χ0) is 26.9. The van der Waals surface area contributed by atoms with E-state index in [1.54, 1.807) is 24.4 Å². The van der Waals surface area contributed by atoms with Crippen molar-refractivity contribution in [3.8, 4) is 11.8 Å². The van der Waals surface area contributed by atoms with Gasteiger partial charge in [-0.25, -0.2) is 19.7 Å². The maximum atomic E-state index is 13.3. The van der Waals surface area contributed by atoms with Gasteiger partial charge in [0.05, 0.1) is 34.8 Å². The second-order valence-corrected chi connectivity index (χ2v) is 10.1. The molecule has 3 N–H and O–H groups in total. The monoisotopic (exact) mass is 541 g/mol. The molecule has 4 amide bonds. The summed E-state index contributed by atoms with van der Waals surface area (Å²) in [5.74, 6) is 0.0786. The van der Waals surface area contributed by atoms with Crippen LogP contribution >= 0.6 is 11.3 Å². The lowest BCUT2D eigenvalue weighted by atomic mass is 10.1. The van der Waals surface area contributed by atoms with Gasteiger partial charge >= 0.3 is 12.0 Å². The molecule has 0 saturated heterocycles. The molecule has 1 aromatic carbocycles. The number of hydrogen-bond donors (Lipinski definition) is 3. The Hall–Kier alpha value is -4.84. The summed E-state index contributed by atoms with van der Waals surface area (Å²) in [7, 11) is 0. The van der Waals surface area contributed by atoms with Crippen LogP contribution in [0.3, 0.4) is 0 Å². The van der Waals surface area contributed by atoms with Gasteiger partial charge in [0.1, 0.15) is 15.5 Å². The molecule has 3 aromatic heterocycles. The van der Waals surface area contributed by atoms with E-state index in [9.17, 15) is 14.4 Å². The molecule has 2 unspecified atom stereocenters. The number of carbonyl (C=O) groups is 3. The maximum absolute atomic E-state index is 13.3. The van der Waals surface area contributed by atoms with Gasteiger partial charge in [0.15, 0.2) is 0 Å². The van der Waals surface area contributed by atoms with Crippen molar-refractivity contribution >= 4 is 56.5 Å². The molecule has 1 aliphatic heterocycles. The van der Waals surface area contributed by atoms with E-state index in [0.717, 1.165) is 12.8 Å². The minimum absolute atomic E-state index is 0.0187. The van der Waals surface area contributed by atoms with Crippen molar-refractivity contribution in [3.63, 3.8) is 0 Å². The lowest BCUT2D eigenvalue weighted by Crippen LogP contribution is -2.37. The summed E-state index contributed by atoms with van der Waals surface area (Å²) in [6, 6.07) is 10.5. The molecule has 4 heterocycles. The molecule has 196 valence electrons. The van der Waals surface area contributed by atoms with Gasteiger partial charge in [-0.2, -0.15) is 0 Å². The first-order valence-corrected chi connectivity index (χ1v) is 13.1. The SMILES string of the molecule is C=CC(=O)NC1CCC(NC(=O)c2sc3nccc4c3c2NC(=O)N4c2cnc(Oc3ccccc3)nc2)C1. The molecule has 1 aliphatic carbocycles. The van der Waals surface area contributed by atoms with E-state index in [2.05, 4.69) is 37.5 Å². The summed E-state index contributed by atoms with van der Waals surface area (Å²) in [4.78, 5) is 53.6. The number of urea groups is 1. The predicted molar refractivity (Wildman–Crippen MR) is 147 cm³/mol. The van der Waals surface area contributed by atoms with E-state index in [0.29, 0.717) is 44.3 Å². The minimum Gasteiger partial charge on any atom is -0.424 e. The molecule has 1 fully saturated rings. The van der Waals surface area contributed by atoms with Crippen LogP contribution in [0.15, 0.2) is 67.6 Å². The van der Waals surface area contributed by atoms with Gasteiger partial charge in [0, 0.05) is 18.3 Å². The molecule has 4 aromatic rings. The van der Waals surface area contributed by atoms with Crippen LogP contribution < -0.4 is 25.6 Å². The number of rotatable bonds is 7. The fraction of sp³-hybridized carbons (Fsp3) is 0.185. The topological polar surface area (TPSA) is 138 Å². The van der Waals surface area contributed by atoms with Gasteiger partial charge in [-0.1, -0.05) is 24.8 Å². The highest BCUT2D eigenvalue weighted by Crippen LogP contribution is 2.45. The van der Waals surface area contributed by atoms with Crippen molar-refractivity contribution in [1.29, 1.82) is 0 Å². The van der Waals surface area contributed by atoms with E-state index < -0.39 is 6.03 Å². The molecule has 12 heteroatoms. The number of nitrogens with zero attached hydrogens (tertiary/aromatic N) is 4. The fourth-order valence-electron chi connectivity index (χ4n) is 4.83. The van der Waals surface area contributed by atoms with Gasteiger partial charge in [-0.3, -0.25) is 14.5 Å². The number of pyridine rings is 1. The number of carbonyl (C=O) groups excluding carboxylic acids is 3. The Morgan fingerprint density at radius 3 is 2.56 bits per heavy atom. The van der Waals surface area contributed by atoms with Crippen molar-refractivity contribution in [2.24, 2.45) is 0 Å². The molecule has 6 rings (SSSR count). The quantitative estimate of drug-likeness (QED) is 0.293. The molecule has 2 aliphatic rings. The molecule has 11 nitrogen and oxygen atoms in total. The van der Waals surface area contributed by atoms with Crippen molar-refractivity contribution in [1.82, 2.24) is 25.6 Å². The summed E-state index contributed by atoms with van der Waals surface area (Å²) >= 11 is 1.21. The van der Waals surface area contributed by atoms with E-state index in [-0.39, 0.29) is 29.9 Å². The molecule has 0 radical (unpaired) electrons. The maximum Gasteiger partial charge on any atom is 0.331 e. The second-order valence-electron chi connectivity index (χ2n) is 9.11. The van der Waals surface area contributed by atoms with E-state index in [1.165, 1.54) is 34.7 Å². The number of amides is 4. The number of hydrogen-bond acceptors (Lipinski definition) is 8. The summed E-state index contributed by atoms with van der Waals surface area (Å²) in [5.41, 5.74) is 1.43. The van der Waals surface area contributed by atoms with Crippen LogP contribution in [0.5, 0.6) is 11.8 Å². The van der Waals surface area contributed by atoms with E-state index in [4.69, 9.17) is 4.74 Å². The standard InChI is InChI=1S/C27H23N7O4S/c1-2-20(35)31-15-8-9-16(12-15)32-24(36)23-22-21-19(10-11-28-25(21)39-23)34(27(37)33-22)17-13-29-26(30-14-17)38-18-6-4-3-5-7-18/h2-7,10-11,13-16H,1,8-9,12H2,(H,31,35)(H,32,36)(H,33,37). The first-order valence-electron chi connectivity index (χ1n) is 12.3. The number of anilines is 3. The number of nitrogens with one attached hydrogen (secondary N) is 3. The van der Waals surface area contributed by atoms with Crippen LogP contribution in [0.2, 0.25) is 0 Å². The smallest absolute Gasteiger partial charge is 0.331 e. The van der Waals surface area contributed by atoms with Crippen LogP contribution in [0, 0.1) is 0 Å². The fourth-order valence-corrected chi connectivity index (χ4v) is 5.85. The van der Waals surface area contributed by atoms with Crippen LogP contribution in [-0.2, 0) is 4.79 Å². The third kappa shape index (κ3) is 4.77. The van der Waals surface area contributed by atoms with Gasteiger partial charge in [-0.15, -0.1) is 11.3 Å². The van der Waals surface area contributed by atoms with Crippen LogP contribution in [0.1, 0.15) is 28.9 Å². The third-order valence-corrected chi connectivity index (χ3v) is 7.67. The molecule has 2 atom stereocenters. The summed E-state index contributed by atoms with van der Waals surface area (Å²) in [6.07, 6.45) is 7.97. The van der Waals surface area contributed by atoms with E-state index in [1.807, 2.05) is 18.2 Å². The van der Waals surface area contributed by atoms with Crippen molar-refractivity contribution in [2.45, 2.75) is 31.3 Å². The summed E-state index contributed by atoms with van der Waals surface area (Å²) in [5, 5.41) is 9.46. The molecular formula is C27H23N7O4S. The van der Waals surface area contributed by atoms with Gasteiger partial charge in [0.2, 0.25) is 5.91 Å². The molecule has 0 bridgehead atoms. The molecule has 39 heavy (non-hydrogen) atoms. The molecule has 1 saturated carbocycles. The average molecular weight is 542 g/mol. The van der Waals surface area contributed by atoms with E-state index >= 15 is 0 Å².